The molecular formula is C17H21NO2. The maximum atomic E-state index is 5.79. The summed E-state index contributed by atoms with van der Waals surface area (Å²) in [6, 6.07) is 15.6. The summed E-state index contributed by atoms with van der Waals surface area (Å²) in [7, 11) is 0. The second-order valence-electron chi connectivity index (χ2n) is 4.96. The van der Waals surface area contributed by atoms with Crippen molar-refractivity contribution in [3.8, 4) is 11.5 Å². The highest BCUT2D eigenvalue weighted by molar-refractivity contribution is 5.51. The SMILES string of the molecule is CC(C)c1ccc(OCCOc2ccccc2N)cc1. The summed E-state index contributed by atoms with van der Waals surface area (Å²) >= 11 is 0. The van der Waals surface area contributed by atoms with Crippen molar-refractivity contribution in [2.45, 2.75) is 19.8 Å². The van der Waals surface area contributed by atoms with E-state index in [-0.39, 0.29) is 0 Å². The van der Waals surface area contributed by atoms with Crippen LogP contribution in [0.2, 0.25) is 0 Å². The van der Waals surface area contributed by atoms with Crippen molar-refractivity contribution < 1.29 is 9.47 Å². The fourth-order valence-corrected chi connectivity index (χ4v) is 1.87. The van der Waals surface area contributed by atoms with E-state index in [0.717, 1.165) is 5.75 Å². The van der Waals surface area contributed by atoms with E-state index >= 15 is 0 Å². The number of para-hydroxylation sites is 2. The van der Waals surface area contributed by atoms with Gasteiger partial charge in [-0.05, 0) is 35.7 Å². The van der Waals surface area contributed by atoms with E-state index in [4.69, 9.17) is 15.2 Å². The highest BCUT2D eigenvalue weighted by Crippen LogP contribution is 2.20. The largest absolute Gasteiger partial charge is 0.490 e. The third-order valence-corrected chi connectivity index (χ3v) is 3.08. The van der Waals surface area contributed by atoms with E-state index in [1.165, 1.54) is 5.56 Å². The molecule has 0 atom stereocenters. The second-order valence-corrected chi connectivity index (χ2v) is 4.96. The van der Waals surface area contributed by atoms with E-state index in [9.17, 15) is 0 Å². The molecule has 0 amide bonds. The lowest BCUT2D eigenvalue weighted by Crippen LogP contribution is -2.09. The molecule has 0 saturated heterocycles. The molecule has 0 aliphatic rings. The summed E-state index contributed by atoms with van der Waals surface area (Å²) in [6.07, 6.45) is 0. The van der Waals surface area contributed by atoms with Gasteiger partial charge in [-0.3, -0.25) is 0 Å². The molecule has 0 aliphatic carbocycles. The number of benzene rings is 2. The zero-order chi connectivity index (χ0) is 14.4. The average Bonchev–Trinajstić information content (AvgIpc) is 2.46. The Balaban J connectivity index is 1.77. The monoisotopic (exact) mass is 271 g/mol. The minimum absolute atomic E-state index is 0.472. The fourth-order valence-electron chi connectivity index (χ4n) is 1.87. The second kappa shape index (κ2) is 6.85. The number of hydrogen-bond acceptors (Lipinski definition) is 3. The highest BCUT2D eigenvalue weighted by atomic mass is 16.5. The first kappa shape index (κ1) is 14.3. The molecule has 2 aromatic rings. The van der Waals surface area contributed by atoms with Gasteiger partial charge in [-0.25, -0.2) is 0 Å². The third-order valence-electron chi connectivity index (χ3n) is 3.08. The van der Waals surface area contributed by atoms with Gasteiger partial charge in [0.15, 0.2) is 0 Å². The van der Waals surface area contributed by atoms with Crippen LogP contribution >= 0.6 is 0 Å². The molecule has 3 nitrogen and oxygen atoms in total. The van der Waals surface area contributed by atoms with Crippen LogP contribution in [0.5, 0.6) is 11.5 Å². The Morgan fingerprint density at radius 3 is 2.20 bits per heavy atom. The van der Waals surface area contributed by atoms with E-state index in [1.807, 2.05) is 36.4 Å². The van der Waals surface area contributed by atoms with Crippen LogP contribution in [0, 0.1) is 0 Å². The number of nitrogen functional groups attached to an aromatic ring is 1. The van der Waals surface area contributed by atoms with Gasteiger partial charge in [0.1, 0.15) is 24.7 Å². The highest BCUT2D eigenvalue weighted by Gasteiger charge is 2.01. The molecule has 0 saturated carbocycles. The van der Waals surface area contributed by atoms with Crippen LogP contribution in [0.15, 0.2) is 48.5 Å². The first-order chi connectivity index (χ1) is 9.66. The molecular weight excluding hydrogens is 250 g/mol. The Morgan fingerprint density at radius 2 is 1.55 bits per heavy atom. The molecule has 0 unspecified atom stereocenters. The van der Waals surface area contributed by atoms with Crippen LogP contribution in [0.1, 0.15) is 25.3 Å². The van der Waals surface area contributed by atoms with Crippen molar-refractivity contribution in [1.29, 1.82) is 0 Å². The third kappa shape index (κ3) is 3.92. The summed E-state index contributed by atoms with van der Waals surface area (Å²) in [5.74, 6) is 2.10. The number of hydrogen-bond donors (Lipinski definition) is 1. The van der Waals surface area contributed by atoms with Gasteiger partial charge in [-0.2, -0.15) is 0 Å². The number of ether oxygens (including phenoxy) is 2. The Labute approximate surface area is 120 Å². The zero-order valence-corrected chi connectivity index (χ0v) is 12.0. The minimum Gasteiger partial charge on any atom is -0.490 e. The summed E-state index contributed by atoms with van der Waals surface area (Å²) in [5.41, 5.74) is 7.75. The van der Waals surface area contributed by atoms with Crippen LogP contribution < -0.4 is 15.2 Å². The van der Waals surface area contributed by atoms with Crippen molar-refractivity contribution in [3.05, 3.63) is 54.1 Å². The van der Waals surface area contributed by atoms with Gasteiger partial charge in [-0.15, -0.1) is 0 Å². The fraction of sp³-hybridized carbons (Fsp3) is 0.294. The molecule has 2 N–H and O–H groups in total. The van der Waals surface area contributed by atoms with E-state index < -0.39 is 0 Å². The van der Waals surface area contributed by atoms with E-state index in [1.54, 1.807) is 0 Å². The molecule has 2 aromatic carbocycles. The molecule has 3 heteroatoms. The maximum absolute atomic E-state index is 5.79. The molecule has 20 heavy (non-hydrogen) atoms. The summed E-state index contributed by atoms with van der Waals surface area (Å²) in [5, 5.41) is 0. The van der Waals surface area contributed by atoms with Crippen LogP contribution in [0.4, 0.5) is 5.69 Å². The van der Waals surface area contributed by atoms with E-state index in [2.05, 4.69) is 26.0 Å². The van der Waals surface area contributed by atoms with Gasteiger partial charge < -0.3 is 15.2 Å². The van der Waals surface area contributed by atoms with Crippen LogP contribution in [0.25, 0.3) is 0 Å². The Kier molecular flexibility index (Phi) is 4.88. The molecule has 0 aliphatic heterocycles. The molecule has 0 radical (unpaired) electrons. The lowest BCUT2D eigenvalue weighted by atomic mass is 10.0. The molecule has 106 valence electrons. The molecule has 0 aromatic heterocycles. The van der Waals surface area contributed by atoms with Crippen molar-refractivity contribution in [3.63, 3.8) is 0 Å². The predicted octanol–water partition coefficient (Wildman–Crippen LogP) is 3.85. The maximum Gasteiger partial charge on any atom is 0.142 e. The quantitative estimate of drug-likeness (QED) is 0.641. The smallest absolute Gasteiger partial charge is 0.142 e. The van der Waals surface area contributed by atoms with Crippen LogP contribution in [0.3, 0.4) is 0 Å². The topological polar surface area (TPSA) is 44.5 Å². The van der Waals surface area contributed by atoms with Crippen LogP contribution in [-0.4, -0.2) is 13.2 Å². The summed E-state index contributed by atoms with van der Waals surface area (Å²) < 4.78 is 11.2. The van der Waals surface area contributed by atoms with Crippen molar-refractivity contribution in [2.75, 3.05) is 18.9 Å². The normalized spacial score (nSPS) is 10.6. The lowest BCUT2D eigenvalue weighted by Gasteiger charge is -2.11. The number of nitrogens with two attached hydrogens (primary N) is 1. The standard InChI is InChI=1S/C17H21NO2/c1-13(2)14-7-9-15(10-8-14)19-11-12-20-17-6-4-3-5-16(17)18/h3-10,13H,11-12,18H2,1-2H3. The van der Waals surface area contributed by atoms with Gasteiger partial charge in [0.25, 0.3) is 0 Å². The number of anilines is 1. The minimum atomic E-state index is 0.472. The zero-order valence-electron chi connectivity index (χ0n) is 12.0. The first-order valence-corrected chi connectivity index (χ1v) is 6.87. The molecule has 0 fully saturated rings. The van der Waals surface area contributed by atoms with E-state index in [0.29, 0.717) is 30.6 Å². The molecule has 0 bridgehead atoms. The summed E-state index contributed by atoms with van der Waals surface area (Å²) in [6.45, 7) is 5.32. The van der Waals surface area contributed by atoms with Gasteiger partial charge in [0.2, 0.25) is 0 Å². The Hall–Kier alpha value is -2.16. The van der Waals surface area contributed by atoms with Gasteiger partial charge in [0, 0.05) is 0 Å². The van der Waals surface area contributed by atoms with Crippen molar-refractivity contribution in [1.82, 2.24) is 0 Å². The Bertz CT molecular complexity index is 535. The average molecular weight is 271 g/mol. The lowest BCUT2D eigenvalue weighted by molar-refractivity contribution is 0.218. The first-order valence-electron chi connectivity index (χ1n) is 6.87. The summed E-state index contributed by atoms with van der Waals surface area (Å²) in [4.78, 5) is 0. The molecule has 2 rings (SSSR count). The van der Waals surface area contributed by atoms with Gasteiger partial charge in [-0.1, -0.05) is 38.1 Å². The predicted molar refractivity (Wildman–Crippen MR) is 82.4 cm³/mol. The number of rotatable bonds is 6. The van der Waals surface area contributed by atoms with Crippen molar-refractivity contribution in [2.24, 2.45) is 0 Å². The Morgan fingerprint density at radius 1 is 0.900 bits per heavy atom. The van der Waals surface area contributed by atoms with Gasteiger partial charge in [0.05, 0.1) is 5.69 Å². The van der Waals surface area contributed by atoms with Crippen molar-refractivity contribution >= 4 is 5.69 Å². The molecule has 0 spiro atoms. The van der Waals surface area contributed by atoms with Gasteiger partial charge >= 0.3 is 0 Å². The molecule has 0 heterocycles. The van der Waals surface area contributed by atoms with Crippen LogP contribution in [-0.2, 0) is 0 Å².